The SMILES string of the molecule is CC(C)Nc1ccccc1C(=O)NCCC1CC1. The average Bonchev–Trinajstić information content (AvgIpc) is 3.13. The Labute approximate surface area is 109 Å². The molecule has 3 heteroatoms. The molecule has 2 N–H and O–H groups in total. The van der Waals surface area contributed by atoms with E-state index in [1.54, 1.807) is 0 Å². The standard InChI is InChI=1S/C15H22N2O/c1-11(2)17-14-6-4-3-5-13(14)15(18)16-10-9-12-7-8-12/h3-6,11-12,17H,7-10H2,1-2H3,(H,16,18). The Kier molecular flexibility index (Phi) is 4.24. The molecule has 0 unspecified atom stereocenters. The lowest BCUT2D eigenvalue weighted by Gasteiger charge is -2.14. The van der Waals surface area contributed by atoms with Gasteiger partial charge in [-0.1, -0.05) is 25.0 Å². The van der Waals surface area contributed by atoms with Gasteiger partial charge in [-0.3, -0.25) is 4.79 Å². The fraction of sp³-hybridized carbons (Fsp3) is 0.533. The molecule has 3 nitrogen and oxygen atoms in total. The highest BCUT2D eigenvalue weighted by atomic mass is 16.1. The van der Waals surface area contributed by atoms with Crippen LogP contribution in [-0.4, -0.2) is 18.5 Å². The van der Waals surface area contributed by atoms with Gasteiger partial charge >= 0.3 is 0 Å². The molecule has 1 amide bonds. The number of hydrogen-bond donors (Lipinski definition) is 2. The summed E-state index contributed by atoms with van der Waals surface area (Å²) in [5.74, 6) is 0.883. The van der Waals surface area contributed by atoms with Gasteiger partial charge in [0.1, 0.15) is 0 Å². The lowest BCUT2D eigenvalue weighted by molar-refractivity contribution is 0.0953. The normalized spacial score (nSPS) is 14.6. The van der Waals surface area contributed by atoms with E-state index in [0.717, 1.165) is 30.1 Å². The van der Waals surface area contributed by atoms with Gasteiger partial charge in [-0.2, -0.15) is 0 Å². The van der Waals surface area contributed by atoms with Crippen LogP contribution in [0.15, 0.2) is 24.3 Å². The molecule has 0 radical (unpaired) electrons. The van der Waals surface area contributed by atoms with Gasteiger partial charge in [-0.15, -0.1) is 0 Å². The molecule has 1 aliphatic rings. The lowest BCUT2D eigenvalue weighted by Crippen LogP contribution is -2.26. The summed E-state index contributed by atoms with van der Waals surface area (Å²) in [6.45, 7) is 4.93. The number of amides is 1. The lowest BCUT2D eigenvalue weighted by atomic mass is 10.1. The molecule has 0 bridgehead atoms. The van der Waals surface area contributed by atoms with Crippen molar-refractivity contribution in [3.63, 3.8) is 0 Å². The molecule has 1 fully saturated rings. The molecule has 1 aromatic carbocycles. The fourth-order valence-electron chi connectivity index (χ4n) is 2.01. The third kappa shape index (κ3) is 3.76. The number of hydrogen-bond acceptors (Lipinski definition) is 2. The maximum Gasteiger partial charge on any atom is 0.253 e. The van der Waals surface area contributed by atoms with Crippen LogP contribution in [0.1, 0.15) is 43.5 Å². The molecular formula is C15H22N2O. The van der Waals surface area contributed by atoms with Crippen molar-refractivity contribution in [3.05, 3.63) is 29.8 Å². The Balaban J connectivity index is 1.94. The van der Waals surface area contributed by atoms with Gasteiger partial charge in [-0.05, 0) is 38.3 Å². The van der Waals surface area contributed by atoms with Gasteiger partial charge in [0, 0.05) is 18.3 Å². The van der Waals surface area contributed by atoms with E-state index in [1.165, 1.54) is 12.8 Å². The number of nitrogens with one attached hydrogen (secondary N) is 2. The zero-order chi connectivity index (χ0) is 13.0. The molecule has 1 aliphatic carbocycles. The van der Waals surface area contributed by atoms with E-state index in [9.17, 15) is 4.79 Å². The van der Waals surface area contributed by atoms with Crippen LogP contribution in [-0.2, 0) is 0 Å². The summed E-state index contributed by atoms with van der Waals surface area (Å²) < 4.78 is 0. The van der Waals surface area contributed by atoms with E-state index in [-0.39, 0.29) is 5.91 Å². The first-order valence-electron chi connectivity index (χ1n) is 6.80. The van der Waals surface area contributed by atoms with E-state index < -0.39 is 0 Å². The molecule has 0 atom stereocenters. The van der Waals surface area contributed by atoms with Crippen molar-refractivity contribution in [2.45, 2.75) is 39.2 Å². The van der Waals surface area contributed by atoms with E-state index >= 15 is 0 Å². The van der Waals surface area contributed by atoms with Crippen LogP contribution in [0, 0.1) is 5.92 Å². The van der Waals surface area contributed by atoms with Crippen LogP contribution in [0.4, 0.5) is 5.69 Å². The van der Waals surface area contributed by atoms with Gasteiger partial charge in [0.25, 0.3) is 5.91 Å². The smallest absolute Gasteiger partial charge is 0.253 e. The predicted octanol–water partition coefficient (Wildman–Crippen LogP) is 3.04. The monoisotopic (exact) mass is 246 g/mol. The van der Waals surface area contributed by atoms with Crippen molar-refractivity contribution < 1.29 is 4.79 Å². The molecule has 1 saturated carbocycles. The van der Waals surface area contributed by atoms with E-state index in [2.05, 4.69) is 24.5 Å². The molecule has 0 saturated heterocycles. The third-order valence-corrected chi connectivity index (χ3v) is 3.15. The summed E-state index contributed by atoms with van der Waals surface area (Å²) in [7, 11) is 0. The van der Waals surface area contributed by atoms with Gasteiger partial charge in [0.05, 0.1) is 5.56 Å². The Morgan fingerprint density at radius 3 is 2.72 bits per heavy atom. The minimum atomic E-state index is 0.0272. The number of rotatable bonds is 6. The zero-order valence-electron chi connectivity index (χ0n) is 11.2. The maximum atomic E-state index is 12.1. The largest absolute Gasteiger partial charge is 0.382 e. The second kappa shape index (κ2) is 5.89. The van der Waals surface area contributed by atoms with Crippen molar-refractivity contribution in [2.24, 2.45) is 5.92 Å². The van der Waals surface area contributed by atoms with Crippen molar-refractivity contribution in [2.75, 3.05) is 11.9 Å². The van der Waals surface area contributed by atoms with Crippen LogP contribution in [0.3, 0.4) is 0 Å². The van der Waals surface area contributed by atoms with Gasteiger partial charge in [-0.25, -0.2) is 0 Å². The van der Waals surface area contributed by atoms with Crippen molar-refractivity contribution >= 4 is 11.6 Å². The molecule has 0 aromatic heterocycles. The topological polar surface area (TPSA) is 41.1 Å². The number of benzene rings is 1. The number of carbonyl (C=O) groups excluding carboxylic acids is 1. The summed E-state index contributed by atoms with van der Waals surface area (Å²) in [5.41, 5.74) is 1.65. The van der Waals surface area contributed by atoms with Crippen molar-refractivity contribution in [1.82, 2.24) is 5.32 Å². The highest BCUT2D eigenvalue weighted by Gasteiger charge is 2.21. The van der Waals surface area contributed by atoms with E-state index in [1.807, 2.05) is 24.3 Å². The first kappa shape index (κ1) is 12.9. The van der Waals surface area contributed by atoms with Crippen LogP contribution in [0.25, 0.3) is 0 Å². The first-order chi connectivity index (χ1) is 8.66. The van der Waals surface area contributed by atoms with Gasteiger partial charge < -0.3 is 10.6 Å². The van der Waals surface area contributed by atoms with E-state index in [4.69, 9.17) is 0 Å². The van der Waals surface area contributed by atoms with Gasteiger partial charge in [0.2, 0.25) is 0 Å². The average molecular weight is 246 g/mol. The van der Waals surface area contributed by atoms with E-state index in [0.29, 0.717) is 6.04 Å². The van der Waals surface area contributed by atoms with Crippen LogP contribution in [0.5, 0.6) is 0 Å². The molecule has 2 rings (SSSR count). The van der Waals surface area contributed by atoms with Crippen LogP contribution >= 0.6 is 0 Å². The number of anilines is 1. The van der Waals surface area contributed by atoms with Crippen LogP contribution < -0.4 is 10.6 Å². The van der Waals surface area contributed by atoms with Crippen molar-refractivity contribution in [1.29, 1.82) is 0 Å². The highest BCUT2D eigenvalue weighted by molar-refractivity contribution is 5.99. The maximum absolute atomic E-state index is 12.1. The third-order valence-electron chi connectivity index (χ3n) is 3.15. The highest BCUT2D eigenvalue weighted by Crippen LogP contribution is 2.31. The Hall–Kier alpha value is -1.51. The van der Waals surface area contributed by atoms with Crippen LogP contribution in [0.2, 0.25) is 0 Å². The molecule has 0 spiro atoms. The predicted molar refractivity (Wildman–Crippen MR) is 74.9 cm³/mol. The summed E-state index contributed by atoms with van der Waals surface area (Å²) in [6.07, 6.45) is 3.79. The molecular weight excluding hydrogens is 224 g/mol. The molecule has 98 valence electrons. The minimum Gasteiger partial charge on any atom is -0.382 e. The summed E-state index contributed by atoms with van der Waals surface area (Å²) >= 11 is 0. The second-order valence-electron chi connectivity index (χ2n) is 5.33. The Morgan fingerprint density at radius 2 is 2.06 bits per heavy atom. The quantitative estimate of drug-likeness (QED) is 0.810. The molecule has 0 heterocycles. The summed E-state index contributed by atoms with van der Waals surface area (Å²) in [4.78, 5) is 12.1. The molecule has 0 aliphatic heterocycles. The summed E-state index contributed by atoms with van der Waals surface area (Å²) in [6, 6.07) is 8.00. The zero-order valence-corrected chi connectivity index (χ0v) is 11.2. The molecule has 1 aromatic rings. The van der Waals surface area contributed by atoms with Crippen molar-refractivity contribution in [3.8, 4) is 0 Å². The fourth-order valence-corrected chi connectivity index (χ4v) is 2.01. The molecule has 18 heavy (non-hydrogen) atoms. The Bertz CT molecular complexity index is 411. The number of carbonyl (C=O) groups is 1. The second-order valence-corrected chi connectivity index (χ2v) is 5.33. The minimum absolute atomic E-state index is 0.0272. The first-order valence-corrected chi connectivity index (χ1v) is 6.80. The number of para-hydroxylation sites is 1. The summed E-state index contributed by atoms with van der Waals surface area (Å²) in [5, 5.41) is 6.31. The van der Waals surface area contributed by atoms with Gasteiger partial charge in [0.15, 0.2) is 0 Å². The Morgan fingerprint density at radius 1 is 1.33 bits per heavy atom.